The standard InChI is InChI=1S/C10H17N3O2/c1-7-4-12-10(3-9(7)11)13-5-8(14)6-15-2/h3-4,8,14H,5-6H2,1-2H3,(H3,11,12,13). The Kier molecular flexibility index (Phi) is 4.33. The van der Waals surface area contributed by atoms with Crippen LogP contribution in [0, 0.1) is 6.92 Å². The zero-order valence-electron chi connectivity index (χ0n) is 9.03. The number of aromatic nitrogens is 1. The third-order valence-corrected chi connectivity index (χ3v) is 2.02. The molecule has 0 aromatic carbocycles. The largest absolute Gasteiger partial charge is 0.398 e. The lowest BCUT2D eigenvalue weighted by molar-refractivity contribution is 0.0727. The van der Waals surface area contributed by atoms with Gasteiger partial charge in [-0.3, -0.25) is 0 Å². The summed E-state index contributed by atoms with van der Waals surface area (Å²) < 4.78 is 4.80. The van der Waals surface area contributed by atoms with E-state index in [0.717, 1.165) is 5.56 Å². The van der Waals surface area contributed by atoms with Crippen molar-refractivity contribution >= 4 is 11.5 Å². The zero-order valence-corrected chi connectivity index (χ0v) is 9.03. The molecular formula is C10H17N3O2. The third-order valence-electron chi connectivity index (χ3n) is 2.02. The molecule has 0 aliphatic carbocycles. The monoisotopic (exact) mass is 211 g/mol. The second-order valence-electron chi connectivity index (χ2n) is 3.42. The number of rotatable bonds is 5. The Labute approximate surface area is 89.3 Å². The van der Waals surface area contributed by atoms with Crippen LogP contribution in [0.3, 0.4) is 0 Å². The number of nitrogens with two attached hydrogens (primary N) is 1. The van der Waals surface area contributed by atoms with Crippen molar-refractivity contribution in [2.75, 3.05) is 31.3 Å². The Morgan fingerprint density at radius 1 is 1.67 bits per heavy atom. The maximum absolute atomic E-state index is 9.39. The molecule has 5 nitrogen and oxygen atoms in total. The van der Waals surface area contributed by atoms with E-state index >= 15 is 0 Å². The van der Waals surface area contributed by atoms with Gasteiger partial charge in [0.2, 0.25) is 0 Å². The number of methoxy groups -OCH3 is 1. The minimum absolute atomic E-state index is 0.300. The summed E-state index contributed by atoms with van der Waals surface area (Å²) in [5, 5.41) is 12.4. The van der Waals surface area contributed by atoms with Gasteiger partial charge in [-0.05, 0) is 12.5 Å². The lowest BCUT2D eigenvalue weighted by Gasteiger charge is -2.11. The molecule has 0 aliphatic heterocycles. The molecule has 15 heavy (non-hydrogen) atoms. The summed E-state index contributed by atoms with van der Waals surface area (Å²) in [7, 11) is 1.55. The van der Waals surface area contributed by atoms with E-state index in [1.54, 1.807) is 19.4 Å². The molecule has 0 aliphatic rings. The molecule has 4 N–H and O–H groups in total. The Bertz CT molecular complexity index is 318. The normalized spacial score (nSPS) is 12.5. The number of nitrogens with zero attached hydrogens (tertiary/aromatic N) is 1. The van der Waals surface area contributed by atoms with Crippen LogP contribution in [0.15, 0.2) is 12.3 Å². The van der Waals surface area contributed by atoms with Crippen LogP contribution < -0.4 is 11.1 Å². The average molecular weight is 211 g/mol. The highest BCUT2D eigenvalue weighted by Gasteiger charge is 2.04. The van der Waals surface area contributed by atoms with Crippen LogP contribution >= 0.6 is 0 Å². The Balaban J connectivity index is 2.47. The third kappa shape index (κ3) is 3.73. The van der Waals surface area contributed by atoms with Gasteiger partial charge < -0.3 is 20.9 Å². The number of pyridine rings is 1. The second-order valence-corrected chi connectivity index (χ2v) is 3.42. The first-order valence-electron chi connectivity index (χ1n) is 4.76. The minimum atomic E-state index is -0.542. The van der Waals surface area contributed by atoms with Crippen LogP contribution in [0.1, 0.15) is 5.56 Å². The fraction of sp³-hybridized carbons (Fsp3) is 0.500. The highest BCUT2D eigenvalue weighted by molar-refractivity contribution is 5.53. The van der Waals surface area contributed by atoms with Crippen LogP contribution in [0.2, 0.25) is 0 Å². The molecule has 1 heterocycles. The van der Waals surface area contributed by atoms with Crippen molar-refractivity contribution in [1.29, 1.82) is 0 Å². The fourth-order valence-electron chi connectivity index (χ4n) is 1.11. The molecule has 1 rings (SSSR count). The van der Waals surface area contributed by atoms with E-state index in [9.17, 15) is 5.11 Å². The predicted octanol–water partition coefficient (Wildman–Crippen LogP) is 0.391. The summed E-state index contributed by atoms with van der Waals surface area (Å²) in [5.41, 5.74) is 7.35. The molecule has 1 unspecified atom stereocenters. The van der Waals surface area contributed by atoms with Gasteiger partial charge in [-0.25, -0.2) is 4.98 Å². The Hall–Kier alpha value is -1.33. The quantitative estimate of drug-likeness (QED) is 0.656. The van der Waals surface area contributed by atoms with Gasteiger partial charge in [0.25, 0.3) is 0 Å². The molecule has 1 aromatic rings. The van der Waals surface area contributed by atoms with E-state index in [1.165, 1.54) is 0 Å². The smallest absolute Gasteiger partial charge is 0.128 e. The van der Waals surface area contributed by atoms with Gasteiger partial charge in [0.15, 0.2) is 0 Å². The van der Waals surface area contributed by atoms with Crippen molar-refractivity contribution in [3.8, 4) is 0 Å². The van der Waals surface area contributed by atoms with Crippen LogP contribution in [-0.4, -0.2) is 36.5 Å². The Morgan fingerprint density at radius 3 is 3.00 bits per heavy atom. The van der Waals surface area contributed by atoms with Gasteiger partial charge in [-0.15, -0.1) is 0 Å². The van der Waals surface area contributed by atoms with Gasteiger partial charge in [0.1, 0.15) is 5.82 Å². The Morgan fingerprint density at radius 2 is 2.40 bits per heavy atom. The first-order chi connectivity index (χ1) is 7.13. The molecule has 0 saturated heterocycles. The lowest BCUT2D eigenvalue weighted by Crippen LogP contribution is -2.24. The molecule has 0 amide bonds. The maximum atomic E-state index is 9.39. The summed E-state index contributed by atoms with van der Waals surface area (Å²) >= 11 is 0. The molecule has 0 fully saturated rings. The van der Waals surface area contributed by atoms with Crippen molar-refractivity contribution in [1.82, 2.24) is 4.98 Å². The number of nitrogen functional groups attached to an aromatic ring is 1. The molecule has 5 heteroatoms. The zero-order chi connectivity index (χ0) is 11.3. The van der Waals surface area contributed by atoms with Crippen molar-refractivity contribution in [3.63, 3.8) is 0 Å². The first-order valence-corrected chi connectivity index (χ1v) is 4.76. The number of anilines is 2. The van der Waals surface area contributed by atoms with Gasteiger partial charge in [-0.1, -0.05) is 0 Å². The summed E-state index contributed by atoms with van der Waals surface area (Å²) in [6, 6.07) is 1.74. The maximum Gasteiger partial charge on any atom is 0.128 e. The predicted molar refractivity (Wildman–Crippen MR) is 59.8 cm³/mol. The fourth-order valence-corrected chi connectivity index (χ4v) is 1.11. The molecule has 0 bridgehead atoms. The van der Waals surface area contributed by atoms with Gasteiger partial charge in [0.05, 0.1) is 12.7 Å². The number of nitrogens with one attached hydrogen (secondary N) is 1. The number of aliphatic hydroxyl groups is 1. The van der Waals surface area contributed by atoms with E-state index in [2.05, 4.69) is 10.3 Å². The second kappa shape index (κ2) is 5.53. The molecule has 84 valence electrons. The van der Waals surface area contributed by atoms with E-state index in [-0.39, 0.29) is 0 Å². The SMILES string of the molecule is COCC(O)CNc1cc(N)c(C)cn1. The number of ether oxygens (including phenoxy) is 1. The highest BCUT2D eigenvalue weighted by atomic mass is 16.5. The molecule has 1 atom stereocenters. The number of aryl methyl sites for hydroxylation is 1. The van der Waals surface area contributed by atoms with E-state index in [0.29, 0.717) is 24.7 Å². The molecule has 1 aromatic heterocycles. The summed E-state index contributed by atoms with van der Waals surface area (Å²) in [4.78, 5) is 4.13. The van der Waals surface area contributed by atoms with E-state index in [4.69, 9.17) is 10.5 Å². The molecule has 0 spiro atoms. The van der Waals surface area contributed by atoms with Crippen LogP contribution in [0.5, 0.6) is 0 Å². The van der Waals surface area contributed by atoms with Gasteiger partial charge in [0, 0.05) is 31.6 Å². The van der Waals surface area contributed by atoms with Crippen LogP contribution in [0.4, 0.5) is 11.5 Å². The first kappa shape index (κ1) is 11.7. The summed E-state index contributed by atoms with van der Waals surface area (Å²) in [5.74, 6) is 0.660. The van der Waals surface area contributed by atoms with Crippen molar-refractivity contribution in [3.05, 3.63) is 17.8 Å². The molecule has 0 radical (unpaired) electrons. The van der Waals surface area contributed by atoms with E-state index in [1.807, 2.05) is 6.92 Å². The highest BCUT2D eigenvalue weighted by Crippen LogP contribution is 2.13. The van der Waals surface area contributed by atoms with Gasteiger partial charge >= 0.3 is 0 Å². The molecule has 0 saturated carbocycles. The van der Waals surface area contributed by atoms with Crippen LogP contribution in [0.25, 0.3) is 0 Å². The van der Waals surface area contributed by atoms with Gasteiger partial charge in [-0.2, -0.15) is 0 Å². The minimum Gasteiger partial charge on any atom is -0.398 e. The average Bonchev–Trinajstić information content (AvgIpc) is 2.20. The summed E-state index contributed by atoms with van der Waals surface area (Å²) in [6.45, 7) is 2.59. The van der Waals surface area contributed by atoms with E-state index < -0.39 is 6.10 Å². The number of hydrogen-bond acceptors (Lipinski definition) is 5. The van der Waals surface area contributed by atoms with Crippen molar-refractivity contribution < 1.29 is 9.84 Å². The molecular weight excluding hydrogens is 194 g/mol. The number of hydrogen-bond donors (Lipinski definition) is 3. The lowest BCUT2D eigenvalue weighted by atomic mass is 10.2. The topological polar surface area (TPSA) is 80.4 Å². The van der Waals surface area contributed by atoms with Crippen molar-refractivity contribution in [2.45, 2.75) is 13.0 Å². The number of aliphatic hydroxyl groups excluding tert-OH is 1. The summed E-state index contributed by atoms with van der Waals surface area (Å²) in [6.07, 6.45) is 1.15. The van der Waals surface area contributed by atoms with Crippen LogP contribution in [-0.2, 0) is 4.74 Å². The van der Waals surface area contributed by atoms with Crippen molar-refractivity contribution in [2.24, 2.45) is 0 Å².